The summed E-state index contributed by atoms with van der Waals surface area (Å²) in [6.45, 7) is 12.1. The van der Waals surface area contributed by atoms with Crippen LogP contribution in [0.5, 0.6) is 0 Å². The van der Waals surface area contributed by atoms with Gasteiger partial charge in [-0.3, -0.25) is 5.32 Å². The second kappa shape index (κ2) is 5.55. The normalized spacial score (nSPS) is 14.8. The Hall–Kier alpha value is -0.0800. The van der Waals surface area contributed by atoms with Crippen LogP contribution < -0.4 is 10.6 Å². The van der Waals surface area contributed by atoms with Gasteiger partial charge in [0, 0.05) is 5.54 Å². The predicted molar refractivity (Wildman–Crippen MR) is 55.3 cm³/mol. The number of rotatable bonds is 6. The Morgan fingerprint density at radius 1 is 1.17 bits per heavy atom. The highest BCUT2D eigenvalue weighted by molar-refractivity contribution is 4.78. The Balaban J connectivity index is 3.83. The van der Waals surface area contributed by atoms with E-state index in [2.05, 4.69) is 45.3 Å². The molecule has 0 fully saturated rings. The lowest BCUT2D eigenvalue weighted by atomic mass is 10.0. The van der Waals surface area contributed by atoms with Crippen molar-refractivity contribution in [1.29, 1.82) is 0 Å². The largest absolute Gasteiger partial charge is 0.302 e. The van der Waals surface area contributed by atoms with Crippen molar-refractivity contribution in [2.45, 2.75) is 59.2 Å². The summed E-state index contributed by atoms with van der Waals surface area (Å²) in [6.07, 6.45) is 2.76. The molecule has 0 bridgehead atoms. The highest BCUT2D eigenvalue weighted by Gasteiger charge is 2.17. The van der Waals surface area contributed by atoms with E-state index in [1.165, 1.54) is 0 Å². The molecule has 0 spiro atoms. The highest BCUT2D eigenvalue weighted by Crippen LogP contribution is 2.08. The van der Waals surface area contributed by atoms with Gasteiger partial charge < -0.3 is 5.32 Å². The van der Waals surface area contributed by atoms with Crippen molar-refractivity contribution in [3.63, 3.8) is 0 Å². The Kier molecular flexibility index (Phi) is 5.51. The van der Waals surface area contributed by atoms with Gasteiger partial charge >= 0.3 is 0 Å². The van der Waals surface area contributed by atoms with Crippen LogP contribution in [-0.2, 0) is 0 Å². The van der Waals surface area contributed by atoms with E-state index < -0.39 is 0 Å². The van der Waals surface area contributed by atoms with Gasteiger partial charge in [0.1, 0.15) is 0 Å². The Bertz CT molecular complexity index is 110. The molecule has 2 heteroatoms. The second-order valence-electron chi connectivity index (χ2n) is 3.90. The molecule has 0 heterocycles. The third-order valence-electron chi connectivity index (χ3n) is 2.31. The summed E-state index contributed by atoms with van der Waals surface area (Å²) in [7, 11) is 0. The minimum Gasteiger partial charge on any atom is -0.302 e. The van der Waals surface area contributed by atoms with Crippen LogP contribution in [0.25, 0.3) is 0 Å². The predicted octanol–water partition coefficient (Wildman–Crippen LogP) is 2.11. The van der Waals surface area contributed by atoms with Gasteiger partial charge in [0.2, 0.25) is 0 Å². The van der Waals surface area contributed by atoms with Crippen LogP contribution in [0.3, 0.4) is 0 Å². The van der Waals surface area contributed by atoms with E-state index in [1.807, 2.05) is 0 Å². The van der Waals surface area contributed by atoms with Gasteiger partial charge in [-0.05, 0) is 33.2 Å². The van der Waals surface area contributed by atoms with Crippen LogP contribution in [0, 0.1) is 0 Å². The molecule has 12 heavy (non-hydrogen) atoms. The molecule has 0 radical (unpaired) electrons. The fourth-order valence-electron chi connectivity index (χ4n) is 1.12. The smallest absolute Gasteiger partial charge is 0.0572 e. The van der Waals surface area contributed by atoms with Gasteiger partial charge in [-0.1, -0.05) is 20.8 Å². The molecule has 1 unspecified atom stereocenters. The third kappa shape index (κ3) is 4.73. The van der Waals surface area contributed by atoms with Crippen LogP contribution >= 0.6 is 0 Å². The van der Waals surface area contributed by atoms with E-state index in [1.54, 1.807) is 0 Å². The molecule has 0 saturated carbocycles. The summed E-state index contributed by atoms with van der Waals surface area (Å²) in [5.74, 6) is 0. The first kappa shape index (κ1) is 11.9. The van der Waals surface area contributed by atoms with Crippen molar-refractivity contribution in [2.24, 2.45) is 0 Å². The van der Waals surface area contributed by atoms with Gasteiger partial charge in [0.15, 0.2) is 0 Å². The molecule has 0 aliphatic rings. The van der Waals surface area contributed by atoms with Gasteiger partial charge in [0.05, 0.1) is 6.17 Å². The first-order valence-corrected chi connectivity index (χ1v) is 5.06. The Morgan fingerprint density at radius 2 is 1.75 bits per heavy atom. The first-order valence-electron chi connectivity index (χ1n) is 5.06. The van der Waals surface area contributed by atoms with Crippen molar-refractivity contribution in [2.75, 3.05) is 6.54 Å². The van der Waals surface area contributed by atoms with Crippen LogP contribution in [0.1, 0.15) is 47.5 Å². The molecule has 2 nitrogen and oxygen atoms in total. The summed E-state index contributed by atoms with van der Waals surface area (Å²) < 4.78 is 0. The monoisotopic (exact) mass is 172 g/mol. The molecule has 0 rings (SSSR count). The van der Waals surface area contributed by atoms with Gasteiger partial charge in [-0.2, -0.15) is 0 Å². The van der Waals surface area contributed by atoms with Crippen molar-refractivity contribution in [3.05, 3.63) is 0 Å². The van der Waals surface area contributed by atoms with Crippen LogP contribution in [-0.4, -0.2) is 18.2 Å². The maximum Gasteiger partial charge on any atom is 0.0572 e. The van der Waals surface area contributed by atoms with Crippen LogP contribution in [0.2, 0.25) is 0 Å². The molecule has 0 aromatic rings. The van der Waals surface area contributed by atoms with Gasteiger partial charge in [0.25, 0.3) is 0 Å². The van der Waals surface area contributed by atoms with E-state index in [0.29, 0.717) is 6.17 Å². The van der Waals surface area contributed by atoms with E-state index in [4.69, 9.17) is 0 Å². The van der Waals surface area contributed by atoms with E-state index in [-0.39, 0.29) is 5.54 Å². The standard InChI is InChI=1S/C10H24N2/c1-6-9(11-8-3)12-10(4,5)7-2/h9,11-12H,6-8H2,1-5H3. The van der Waals surface area contributed by atoms with Crippen LogP contribution in [0.4, 0.5) is 0 Å². The summed E-state index contributed by atoms with van der Waals surface area (Å²) in [5, 5.41) is 6.99. The minimum absolute atomic E-state index is 0.253. The van der Waals surface area contributed by atoms with Crippen molar-refractivity contribution < 1.29 is 0 Å². The van der Waals surface area contributed by atoms with E-state index in [0.717, 1.165) is 19.4 Å². The van der Waals surface area contributed by atoms with E-state index >= 15 is 0 Å². The molecule has 0 aliphatic heterocycles. The SMILES string of the molecule is CCNC(CC)NC(C)(C)CC. The average Bonchev–Trinajstić information content (AvgIpc) is 2.03. The summed E-state index contributed by atoms with van der Waals surface area (Å²) in [4.78, 5) is 0. The lowest BCUT2D eigenvalue weighted by Gasteiger charge is -2.30. The zero-order valence-corrected chi connectivity index (χ0v) is 9.20. The maximum absolute atomic E-state index is 3.58. The summed E-state index contributed by atoms with van der Waals surface area (Å²) in [5.41, 5.74) is 0.253. The molecular weight excluding hydrogens is 148 g/mol. The fourth-order valence-corrected chi connectivity index (χ4v) is 1.12. The lowest BCUT2D eigenvalue weighted by molar-refractivity contribution is 0.288. The summed E-state index contributed by atoms with van der Waals surface area (Å²) >= 11 is 0. The van der Waals surface area contributed by atoms with Crippen molar-refractivity contribution >= 4 is 0 Å². The topological polar surface area (TPSA) is 24.1 Å². The van der Waals surface area contributed by atoms with Crippen molar-refractivity contribution in [3.8, 4) is 0 Å². The quantitative estimate of drug-likeness (QED) is 0.600. The Labute approximate surface area is 77.1 Å². The highest BCUT2D eigenvalue weighted by atomic mass is 15.1. The molecule has 0 amide bonds. The molecule has 74 valence electrons. The van der Waals surface area contributed by atoms with Crippen LogP contribution in [0.15, 0.2) is 0 Å². The third-order valence-corrected chi connectivity index (χ3v) is 2.31. The molecule has 0 aromatic carbocycles. The average molecular weight is 172 g/mol. The lowest BCUT2D eigenvalue weighted by Crippen LogP contribution is -2.51. The van der Waals surface area contributed by atoms with Gasteiger partial charge in [-0.15, -0.1) is 0 Å². The maximum atomic E-state index is 3.58. The first-order chi connectivity index (χ1) is 5.55. The summed E-state index contributed by atoms with van der Waals surface area (Å²) in [6, 6.07) is 0. The fraction of sp³-hybridized carbons (Fsp3) is 1.00. The molecule has 2 N–H and O–H groups in total. The molecule has 0 aromatic heterocycles. The minimum atomic E-state index is 0.253. The number of hydrogen-bond acceptors (Lipinski definition) is 2. The molecule has 1 atom stereocenters. The zero-order valence-electron chi connectivity index (χ0n) is 9.20. The van der Waals surface area contributed by atoms with Crippen molar-refractivity contribution in [1.82, 2.24) is 10.6 Å². The molecular formula is C10H24N2. The number of nitrogens with one attached hydrogen (secondary N) is 2. The molecule has 0 aliphatic carbocycles. The second-order valence-corrected chi connectivity index (χ2v) is 3.90. The van der Waals surface area contributed by atoms with Gasteiger partial charge in [-0.25, -0.2) is 0 Å². The molecule has 0 saturated heterocycles. The number of hydrogen-bond donors (Lipinski definition) is 2. The van der Waals surface area contributed by atoms with E-state index in [9.17, 15) is 0 Å². The zero-order chi connectivity index (χ0) is 9.61. The Morgan fingerprint density at radius 3 is 2.08 bits per heavy atom.